The van der Waals surface area contributed by atoms with E-state index in [1.54, 1.807) is 49.3 Å². The molecule has 0 spiro atoms. The first-order valence-electron chi connectivity index (χ1n) is 16.1. The van der Waals surface area contributed by atoms with Crippen molar-refractivity contribution in [2.24, 2.45) is 0 Å². The molecule has 0 radical (unpaired) electrons. The number of hydrogen-bond donors (Lipinski definition) is 0. The number of hydrogen-bond acceptors (Lipinski definition) is 11. The summed E-state index contributed by atoms with van der Waals surface area (Å²) in [6, 6.07) is 31.2. The number of benzene rings is 3. The van der Waals surface area contributed by atoms with Crippen LogP contribution in [-0.2, 0) is 19.7 Å². The fraction of sp³-hybridized carbons (Fsp3) is 0.154. The lowest BCUT2D eigenvalue weighted by molar-refractivity contribution is 0.276. The number of ether oxygens (including phenoxy) is 3. The minimum Gasteiger partial charge on any atom is -0.497 e. The molecule has 0 bridgehead atoms. The van der Waals surface area contributed by atoms with Crippen LogP contribution in [0.2, 0.25) is 0 Å². The highest BCUT2D eigenvalue weighted by molar-refractivity contribution is 5.83. The summed E-state index contributed by atoms with van der Waals surface area (Å²) < 4.78 is 18.8. The molecule has 0 aliphatic heterocycles. The van der Waals surface area contributed by atoms with E-state index in [0.717, 1.165) is 33.9 Å². The smallest absolute Gasteiger partial charge is 0.336 e. The van der Waals surface area contributed by atoms with Gasteiger partial charge in [-0.2, -0.15) is 10.2 Å². The number of anilines is 1. The van der Waals surface area contributed by atoms with Crippen molar-refractivity contribution in [2.45, 2.75) is 26.6 Å². The van der Waals surface area contributed by atoms with Crippen molar-refractivity contribution in [2.75, 3.05) is 19.1 Å². The third-order valence-electron chi connectivity index (χ3n) is 8.35. The molecule has 12 nitrogen and oxygen atoms in total. The van der Waals surface area contributed by atoms with E-state index in [1.807, 2.05) is 79.7 Å². The van der Waals surface area contributed by atoms with E-state index in [2.05, 4.69) is 25.9 Å². The van der Waals surface area contributed by atoms with Crippen LogP contribution in [0.15, 0.2) is 110 Å². The molecule has 51 heavy (non-hydrogen) atoms. The van der Waals surface area contributed by atoms with Crippen molar-refractivity contribution in [3.8, 4) is 46.2 Å². The van der Waals surface area contributed by atoms with Crippen molar-refractivity contribution in [1.82, 2.24) is 34.5 Å². The fourth-order valence-corrected chi connectivity index (χ4v) is 5.68. The van der Waals surface area contributed by atoms with Gasteiger partial charge in [0.2, 0.25) is 5.65 Å². The van der Waals surface area contributed by atoms with Crippen LogP contribution in [0.3, 0.4) is 0 Å². The van der Waals surface area contributed by atoms with Gasteiger partial charge in [0, 0.05) is 31.0 Å². The first-order valence-corrected chi connectivity index (χ1v) is 16.1. The maximum absolute atomic E-state index is 9.82. The summed E-state index contributed by atoms with van der Waals surface area (Å²) in [7, 11) is 3.29. The molecule has 0 N–H and O–H groups in total. The Labute approximate surface area is 294 Å². The van der Waals surface area contributed by atoms with Crippen molar-refractivity contribution in [3.63, 3.8) is 0 Å². The molecule has 0 atom stereocenters. The second kappa shape index (κ2) is 14.7. The van der Waals surface area contributed by atoms with Crippen LogP contribution < -0.4 is 19.1 Å². The van der Waals surface area contributed by atoms with Crippen molar-refractivity contribution >= 4 is 11.5 Å². The van der Waals surface area contributed by atoms with Crippen molar-refractivity contribution in [1.29, 1.82) is 5.26 Å². The SMILES string of the molecule is COc1ccc(CN(Cc2ccc(OC)cc2)c2nc(-c3cccc(C#N)c3)c(-c3ccncn3)n3nc(OCc4ncccc4C)nc23)cc1. The predicted molar refractivity (Wildman–Crippen MR) is 191 cm³/mol. The molecule has 4 aromatic heterocycles. The number of rotatable bonds is 12. The van der Waals surface area contributed by atoms with Gasteiger partial charge in [0.15, 0.2) is 5.82 Å². The summed E-state index contributed by atoms with van der Waals surface area (Å²) in [4.78, 5) is 25.6. The molecule has 0 fully saturated rings. The maximum atomic E-state index is 9.82. The van der Waals surface area contributed by atoms with E-state index in [1.165, 1.54) is 6.33 Å². The molecule has 4 heterocycles. The van der Waals surface area contributed by atoms with E-state index in [9.17, 15) is 5.26 Å². The van der Waals surface area contributed by atoms with Gasteiger partial charge in [-0.05, 0) is 72.1 Å². The van der Waals surface area contributed by atoms with Crippen LogP contribution in [-0.4, -0.2) is 48.8 Å². The standard InChI is InChI=1S/C39H33N9O3/c1-26-6-5-18-42-34(26)24-51-39-45-38-37(47(22-27-9-13-31(49-2)14-10-27)23-28-11-15-32(50-3)16-12-28)44-35(30-8-4-7-29(20-30)21-40)36(48(38)46-39)33-17-19-41-25-43-33/h4-20,25H,22-24H2,1-3H3. The number of methoxy groups -OCH3 is 2. The van der Waals surface area contributed by atoms with E-state index in [4.69, 9.17) is 29.3 Å². The molecule has 0 saturated heterocycles. The topological polar surface area (TPSA) is 136 Å². The molecule has 0 saturated carbocycles. The Morgan fingerprint density at radius 1 is 0.804 bits per heavy atom. The second-order valence-corrected chi connectivity index (χ2v) is 11.7. The Hall–Kier alpha value is -6.87. The van der Waals surface area contributed by atoms with Gasteiger partial charge in [0.05, 0.1) is 37.2 Å². The van der Waals surface area contributed by atoms with Gasteiger partial charge in [-0.1, -0.05) is 42.5 Å². The summed E-state index contributed by atoms with van der Waals surface area (Å²) in [6.45, 7) is 3.10. The molecule has 0 aliphatic rings. The van der Waals surface area contributed by atoms with E-state index in [-0.39, 0.29) is 12.6 Å². The zero-order valence-corrected chi connectivity index (χ0v) is 28.3. The van der Waals surface area contributed by atoms with E-state index in [0.29, 0.717) is 52.8 Å². The van der Waals surface area contributed by atoms with Gasteiger partial charge in [-0.3, -0.25) is 4.98 Å². The number of fused-ring (bicyclic) bond motifs is 1. The molecule has 0 amide bonds. The Morgan fingerprint density at radius 3 is 2.16 bits per heavy atom. The van der Waals surface area contributed by atoms with Gasteiger partial charge in [-0.15, -0.1) is 5.10 Å². The minimum absolute atomic E-state index is 0.148. The van der Waals surface area contributed by atoms with Gasteiger partial charge < -0.3 is 19.1 Å². The lowest BCUT2D eigenvalue weighted by Gasteiger charge is -2.26. The van der Waals surface area contributed by atoms with Crippen LogP contribution in [0.25, 0.3) is 28.3 Å². The average Bonchev–Trinajstić information content (AvgIpc) is 3.61. The Morgan fingerprint density at radius 2 is 1.53 bits per heavy atom. The molecule has 12 heteroatoms. The Kier molecular flexibility index (Phi) is 9.42. The van der Waals surface area contributed by atoms with E-state index >= 15 is 0 Å². The molecule has 7 aromatic rings. The average molecular weight is 676 g/mol. The van der Waals surface area contributed by atoms with Crippen LogP contribution in [0.1, 0.15) is 27.9 Å². The number of aryl methyl sites for hydroxylation is 1. The monoisotopic (exact) mass is 675 g/mol. The highest BCUT2D eigenvalue weighted by Gasteiger charge is 2.26. The molecule has 0 unspecified atom stereocenters. The largest absolute Gasteiger partial charge is 0.497 e. The molecule has 0 aliphatic carbocycles. The van der Waals surface area contributed by atoms with Gasteiger partial charge in [0.1, 0.15) is 35.8 Å². The summed E-state index contributed by atoms with van der Waals surface area (Å²) in [5, 5.41) is 14.7. The third kappa shape index (κ3) is 7.13. The lowest BCUT2D eigenvalue weighted by Crippen LogP contribution is -2.25. The van der Waals surface area contributed by atoms with Crippen LogP contribution >= 0.6 is 0 Å². The minimum atomic E-state index is 0.148. The third-order valence-corrected chi connectivity index (χ3v) is 8.35. The van der Waals surface area contributed by atoms with Crippen LogP contribution in [0, 0.1) is 18.3 Å². The van der Waals surface area contributed by atoms with Gasteiger partial charge in [-0.25, -0.2) is 19.5 Å². The zero-order valence-electron chi connectivity index (χ0n) is 28.3. The predicted octanol–water partition coefficient (Wildman–Crippen LogP) is 6.63. The molecular formula is C39H33N9O3. The van der Waals surface area contributed by atoms with Gasteiger partial charge in [0.25, 0.3) is 0 Å². The Balaban J connectivity index is 1.45. The maximum Gasteiger partial charge on any atom is 0.336 e. The number of nitrogens with zero attached hydrogens (tertiary/aromatic N) is 9. The molecular weight excluding hydrogens is 642 g/mol. The second-order valence-electron chi connectivity index (χ2n) is 11.7. The van der Waals surface area contributed by atoms with Gasteiger partial charge >= 0.3 is 6.01 Å². The normalized spacial score (nSPS) is 10.9. The number of pyridine rings is 1. The molecule has 252 valence electrons. The van der Waals surface area contributed by atoms with Crippen LogP contribution in [0.5, 0.6) is 17.5 Å². The highest BCUT2D eigenvalue weighted by atomic mass is 16.5. The first kappa shape index (κ1) is 32.7. The quantitative estimate of drug-likeness (QED) is 0.138. The van der Waals surface area contributed by atoms with E-state index < -0.39 is 0 Å². The van der Waals surface area contributed by atoms with Crippen molar-refractivity contribution < 1.29 is 14.2 Å². The summed E-state index contributed by atoms with van der Waals surface area (Å²) in [5.41, 5.74) is 7.18. The summed E-state index contributed by atoms with van der Waals surface area (Å²) >= 11 is 0. The number of nitriles is 1. The highest BCUT2D eigenvalue weighted by Crippen LogP contribution is 2.36. The lowest BCUT2D eigenvalue weighted by atomic mass is 10.0. The van der Waals surface area contributed by atoms with Crippen molar-refractivity contribution in [3.05, 3.63) is 138 Å². The Bertz CT molecular complexity index is 2270. The molecule has 3 aromatic carbocycles. The first-order chi connectivity index (χ1) is 25.0. The molecule has 7 rings (SSSR count). The zero-order chi connectivity index (χ0) is 35.2. The van der Waals surface area contributed by atoms with Crippen LogP contribution in [0.4, 0.5) is 5.82 Å². The number of aromatic nitrogens is 7. The fourth-order valence-electron chi connectivity index (χ4n) is 5.68. The summed E-state index contributed by atoms with van der Waals surface area (Å²) in [5.74, 6) is 2.07. The summed E-state index contributed by atoms with van der Waals surface area (Å²) in [6.07, 6.45) is 4.87.